The Morgan fingerprint density at radius 3 is 2.50 bits per heavy atom. The van der Waals surface area contributed by atoms with Crippen LogP contribution in [0.5, 0.6) is 0 Å². The third-order valence-corrected chi connectivity index (χ3v) is 5.81. The van der Waals surface area contributed by atoms with Crippen molar-refractivity contribution in [1.29, 1.82) is 0 Å². The van der Waals surface area contributed by atoms with Crippen LogP contribution >= 0.6 is 11.8 Å². The summed E-state index contributed by atoms with van der Waals surface area (Å²) < 4.78 is 0.206. The van der Waals surface area contributed by atoms with E-state index >= 15 is 0 Å². The molecule has 2 aromatic carbocycles. The smallest absolute Gasteiger partial charge is 0.274 e. The highest BCUT2D eigenvalue weighted by molar-refractivity contribution is 8.01. The summed E-state index contributed by atoms with van der Waals surface area (Å²) >= 11 is 1.90. The fourth-order valence-electron chi connectivity index (χ4n) is 2.68. The summed E-state index contributed by atoms with van der Waals surface area (Å²) in [6.07, 6.45) is 2.33. The van der Waals surface area contributed by atoms with E-state index in [4.69, 9.17) is 0 Å². The van der Waals surface area contributed by atoms with Gasteiger partial charge in [0.05, 0.1) is 4.92 Å². The number of benzene rings is 2. The normalized spacial score (nSPS) is 15.3. The first kappa shape index (κ1) is 18.3. The zero-order chi connectivity index (χ0) is 18.4. The first-order valence-electron chi connectivity index (χ1n) is 8.53. The van der Waals surface area contributed by atoms with Crippen LogP contribution in [0.25, 0.3) is 0 Å². The lowest BCUT2D eigenvalue weighted by atomic mass is 10.2. The van der Waals surface area contributed by atoms with Crippen molar-refractivity contribution in [3.05, 3.63) is 70.3 Å². The number of para-hydroxylation sites is 1. The molecule has 2 aromatic rings. The van der Waals surface area contributed by atoms with E-state index in [2.05, 4.69) is 39.9 Å². The van der Waals surface area contributed by atoms with Gasteiger partial charge in [-0.3, -0.25) is 15.1 Å². The minimum Gasteiger partial charge on any atom is -0.355 e. The monoisotopic (exact) mass is 370 g/mol. The van der Waals surface area contributed by atoms with Gasteiger partial charge in [0.1, 0.15) is 0 Å². The van der Waals surface area contributed by atoms with Crippen LogP contribution in [-0.4, -0.2) is 29.2 Å². The molecule has 0 amide bonds. The largest absolute Gasteiger partial charge is 0.355 e. The molecule has 0 saturated heterocycles. The van der Waals surface area contributed by atoms with E-state index in [0.29, 0.717) is 18.1 Å². The van der Waals surface area contributed by atoms with Gasteiger partial charge in [-0.1, -0.05) is 36.4 Å². The number of nitro groups is 1. The van der Waals surface area contributed by atoms with Crippen molar-refractivity contribution in [2.75, 3.05) is 13.6 Å². The number of nitrogens with zero attached hydrogens (tertiary/aromatic N) is 2. The predicted octanol–water partition coefficient (Wildman–Crippen LogP) is 3.58. The quantitative estimate of drug-likeness (QED) is 0.337. The molecule has 3 rings (SSSR count). The lowest BCUT2D eigenvalue weighted by Gasteiger charge is -2.18. The van der Waals surface area contributed by atoms with Gasteiger partial charge in [0.25, 0.3) is 5.69 Å². The highest BCUT2D eigenvalue weighted by Crippen LogP contribution is 2.51. The number of hydrogen-bond donors (Lipinski definition) is 2. The summed E-state index contributed by atoms with van der Waals surface area (Å²) in [7, 11) is 1.71. The average Bonchev–Trinajstić information content (AvgIpc) is 3.42. The van der Waals surface area contributed by atoms with Crippen LogP contribution in [0.15, 0.2) is 64.5 Å². The Balaban J connectivity index is 1.54. The minimum absolute atomic E-state index is 0.119. The molecule has 0 unspecified atom stereocenters. The van der Waals surface area contributed by atoms with Crippen molar-refractivity contribution in [2.45, 2.75) is 29.0 Å². The Morgan fingerprint density at radius 2 is 1.85 bits per heavy atom. The van der Waals surface area contributed by atoms with Crippen LogP contribution in [0.1, 0.15) is 18.4 Å². The van der Waals surface area contributed by atoms with E-state index in [9.17, 15) is 10.1 Å². The molecule has 0 aromatic heterocycles. The van der Waals surface area contributed by atoms with Gasteiger partial charge in [-0.2, -0.15) is 0 Å². The highest BCUT2D eigenvalue weighted by Gasteiger charge is 2.43. The first-order chi connectivity index (χ1) is 12.6. The number of nitro benzene ring substituents is 1. The maximum atomic E-state index is 11.1. The molecule has 2 N–H and O–H groups in total. The predicted molar refractivity (Wildman–Crippen MR) is 106 cm³/mol. The number of thioether (sulfide) groups is 1. The molecular weight excluding hydrogens is 348 g/mol. The molecule has 26 heavy (non-hydrogen) atoms. The number of nitrogens with one attached hydrogen (secondary N) is 2. The van der Waals surface area contributed by atoms with Crippen molar-refractivity contribution in [3.8, 4) is 0 Å². The van der Waals surface area contributed by atoms with Crippen LogP contribution in [0.3, 0.4) is 0 Å². The molecular formula is C19H22N4O2S. The molecule has 7 heteroatoms. The number of hydrogen-bond acceptors (Lipinski definition) is 4. The number of rotatable bonds is 7. The van der Waals surface area contributed by atoms with Crippen molar-refractivity contribution < 1.29 is 4.92 Å². The van der Waals surface area contributed by atoms with Crippen LogP contribution in [0.2, 0.25) is 0 Å². The zero-order valence-electron chi connectivity index (χ0n) is 14.6. The van der Waals surface area contributed by atoms with E-state index < -0.39 is 0 Å². The lowest BCUT2D eigenvalue weighted by Crippen LogP contribution is -2.40. The van der Waals surface area contributed by atoms with Crippen LogP contribution < -0.4 is 10.6 Å². The Labute approximate surface area is 157 Å². The van der Waals surface area contributed by atoms with Gasteiger partial charge in [-0.25, -0.2) is 0 Å². The van der Waals surface area contributed by atoms with Gasteiger partial charge in [0.2, 0.25) is 0 Å². The van der Waals surface area contributed by atoms with Gasteiger partial charge < -0.3 is 10.6 Å². The first-order valence-corrected chi connectivity index (χ1v) is 9.34. The Morgan fingerprint density at radius 1 is 1.15 bits per heavy atom. The molecule has 1 fully saturated rings. The highest BCUT2D eigenvalue weighted by atomic mass is 32.2. The molecule has 0 spiro atoms. The van der Waals surface area contributed by atoms with Crippen molar-refractivity contribution in [2.24, 2.45) is 4.99 Å². The number of aliphatic imine (C=N–C) groups is 1. The summed E-state index contributed by atoms with van der Waals surface area (Å²) in [6.45, 7) is 1.17. The van der Waals surface area contributed by atoms with Gasteiger partial charge >= 0.3 is 0 Å². The summed E-state index contributed by atoms with van der Waals surface area (Å²) in [5.41, 5.74) is 0.758. The van der Waals surface area contributed by atoms with Crippen LogP contribution in [0.4, 0.5) is 5.69 Å². The molecule has 0 bridgehead atoms. The standard InChI is InChI=1S/C19H22N4O2S/c1-20-18(21-13-15-7-5-6-10-17(15)23(24)25)22-14-19(11-12-19)26-16-8-3-2-4-9-16/h2-10H,11-14H2,1H3,(H2,20,21,22). The summed E-state index contributed by atoms with van der Waals surface area (Å²) in [6, 6.07) is 17.1. The second-order valence-corrected chi connectivity index (χ2v) is 7.80. The Kier molecular flexibility index (Phi) is 5.78. The van der Waals surface area contributed by atoms with E-state index in [-0.39, 0.29) is 15.4 Å². The van der Waals surface area contributed by atoms with E-state index in [1.807, 2.05) is 17.8 Å². The third-order valence-electron chi connectivity index (χ3n) is 4.32. The minimum atomic E-state index is -0.358. The van der Waals surface area contributed by atoms with Crippen LogP contribution in [0, 0.1) is 10.1 Å². The summed E-state index contributed by atoms with van der Waals surface area (Å²) in [4.78, 5) is 16.2. The second kappa shape index (κ2) is 8.23. The molecule has 0 aliphatic heterocycles. The van der Waals surface area contributed by atoms with E-state index in [1.165, 1.54) is 23.8 Å². The fourth-order valence-corrected chi connectivity index (χ4v) is 3.92. The van der Waals surface area contributed by atoms with Crippen molar-refractivity contribution in [1.82, 2.24) is 10.6 Å². The second-order valence-electron chi connectivity index (χ2n) is 6.26. The summed E-state index contributed by atoms with van der Waals surface area (Å²) in [5.74, 6) is 0.656. The molecule has 0 radical (unpaired) electrons. The molecule has 0 atom stereocenters. The van der Waals surface area contributed by atoms with Gasteiger partial charge in [-0.05, 0) is 25.0 Å². The maximum absolute atomic E-state index is 11.1. The Hall–Kier alpha value is -2.54. The lowest BCUT2D eigenvalue weighted by molar-refractivity contribution is -0.385. The third kappa shape index (κ3) is 4.76. The SMILES string of the molecule is CN=C(NCc1ccccc1[N+](=O)[O-])NCC1(Sc2ccccc2)CC1. The molecule has 1 saturated carbocycles. The van der Waals surface area contributed by atoms with Gasteiger partial charge in [0.15, 0.2) is 5.96 Å². The van der Waals surface area contributed by atoms with Crippen molar-refractivity contribution in [3.63, 3.8) is 0 Å². The molecule has 1 aliphatic carbocycles. The van der Waals surface area contributed by atoms with Crippen molar-refractivity contribution >= 4 is 23.4 Å². The Bertz CT molecular complexity index is 791. The molecule has 136 valence electrons. The average molecular weight is 370 g/mol. The molecule has 0 heterocycles. The van der Waals surface area contributed by atoms with Crippen LogP contribution in [-0.2, 0) is 6.54 Å². The maximum Gasteiger partial charge on any atom is 0.274 e. The summed E-state index contributed by atoms with van der Waals surface area (Å²) in [5, 5.41) is 17.6. The zero-order valence-corrected chi connectivity index (χ0v) is 15.5. The molecule has 6 nitrogen and oxygen atoms in total. The molecule has 1 aliphatic rings. The number of guanidine groups is 1. The van der Waals surface area contributed by atoms with E-state index in [1.54, 1.807) is 25.2 Å². The van der Waals surface area contributed by atoms with Gasteiger partial charge in [-0.15, -0.1) is 11.8 Å². The van der Waals surface area contributed by atoms with E-state index in [0.717, 1.165) is 6.54 Å². The van der Waals surface area contributed by atoms with Gasteiger partial charge in [0, 0.05) is 41.4 Å². The fraction of sp³-hybridized carbons (Fsp3) is 0.316. The topological polar surface area (TPSA) is 79.6 Å².